The molecular formula is C13H18F3N. The van der Waals surface area contributed by atoms with Gasteiger partial charge in [0.25, 0.3) is 0 Å². The third-order valence-corrected chi connectivity index (χ3v) is 3.07. The van der Waals surface area contributed by atoms with E-state index >= 15 is 0 Å². The first kappa shape index (κ1) is 14.0. The fraction of sp³-hybridized carbons (Fsp3) is 0.538. The second-order valence-corrected chi connectivity index (χ2v) is 4.58. The van der Waals surface area contributed by atoms with Crippen LogP contribution in [0.1, 0.15) is 13.8 Å². The molecule has 17 heavy (non-hydrogen) atoms. The fourth-order valence-corrected chi connectivity index (χ4v) is 1.88. The molecule has 1 aliphatic rings. The van der Waals surface area contributed by atoms with Crippen LogP contribution in [0, 0.1) is 5.92 Å². The molecule has 96 valence electrons. The molecule has 0 radical (unpaired) electrons. The quantitative estimate of drug-likeness (QED) is 0.684. The molecule has 1 fully saturated rings. The Morgan fingerprint density at radius 3 is 2.24 bits per heavy atom. The summed E-state index contributed by atoms with van der Waals surface area (Å²) in [6.45, 7) is 12.3. The molecule has 0 aromatic rings. The molecule has 0 bridgehead atoms. The van der Waals surface area contributed by atoms with Crippen molar-refractivity contribution in [2.45, 2.75) is 26.1 Å². The van der Waals surface area contributed by atoms with Crippen molar-refractivity contribution in [2.24, 2.45) is 5.92 Å². The van der Waals surface area contributed by atoms with Crippen LogP contribution in [-0.2, 0) is 0 Å². The summed E-state index contributed by atoms with van der Waals surface area (Å²) in [4.78, 5) is 2.12. The zero-order valence-electron chi connectivity index (χ0n) is 10.2. The van der Waals surface area contributed by atoms with Crippen molar-refractivity contribution in [2.75, 3.05) is 13.1 Å². The van der Waals surface area contributed by atoms with Crippen LogP contribution in [0.25, 0.3) is 0 Å². The van der Waals surface area contributed by atoms with E-state index in [9.17, 15) is 13.2 Å². The highest BCUT2D eigenvalue weighted by atomic mass is 19.4. The summed E-state index contributed by atoms with van der Waals surface area (Å²) in [5.41, 5.74) is -0.477. The third kappa shape index (κ3) is 3.22. The minimum atomic E-state index is -4.34. The molecule has 0 saturated carbocycles. The smallest absolute Gasteiger partial charge is 0.300 e. The highest BCUT2D eigenvalue weighted by Crippen LogP contribution is 2.37. The van der Waals surface area contributed by atoms with Gasteiger partial charge in [-0.05, 0) is 19.4 Å². The number of allylic oxidation sites excluding steroid dienone is 3. The van der Waals surface area contributed by atoms with Crippen molar-refractivity contribution in [3.63, 3.8) is 0 Å². The molecule has 1 heterocycles. The molecule has 4 heteroatoms. The maximum Gasteiger partial charge on any atom is 0.416 e. The van der Waals surface area contributed by atoms with Crippen LogP contribution in [0.15, 0.2) is 36.5 Å². The van der Waals surface area contributed by atoms with E-state index in [1.54, 1.807) is 0 Å². The van der Waals surface area contributed by atoms with E-state index in [-0.39, 0.29) is 11.5 Å². The van der Waals surface area contributed by atoms with E-state index in [0.717, 1.165) is 12.2 Å². The second-order valence-electron chi connectivity index (χ2n) is 4.58. The van der Waals surface area contributed by atoms with Gasteiger partial charge < -0.3 is 0 Å². The zero-order valence-corrected chi connectivity index (χ0v) is 10.2. The van der Waals surface area contributed by atoms with Crippen molar-refractivity contribution < 1.29 is 13.2 Å². The molecule has 0 aliphatic carbocycles. The fourth-order valence-electron chi connectivity index (χ4n) is 1.88. The number of nitrogens with zero attached hydrogens (tertiary/aromatic N) is 1. The van der Waals surface area contributed by atoms with Crippen LogP contribution in [0.5, 0.6) is 0 Å². The van der Waals surface area contributed by atoms with Crippen LogP contribution >= 0.6 is 0 Å². The molecule has 0 unspecified atom stereocenters. The van der Waals surface area contributed by atoms with Crippen LogP contribution in [0.3, 0.4) is 0 Å². The minimum absolute atomic E-state index is 0.0924. The van der Waals surface area contributed by atoms with Crippen LogP contribution < -0.4 is 0 Å². The van der Waals surface area contributed by atoms with Gasteiger partial charge >= 0.3 is 6.18 Å². The molecule has 1 aliphatic heterocycles. The van der Waals surface area contributed by atoms with Gasteiger partial charge in [-0.2, -0.15) is 13.2 Å². The predicted octanol–water partition coefficient (Wildman–Crippen LogP) is 3.56. The molecule has 0 aromatic heterocycles. The lowest BCUT2D eigenvalue weighted by Gasteiger charge is -2.43. The highest BCUT2D eigenvalue weighted by molar-refractivity contribution is 5.38. The number of hydrogen-bond acceptors (Lipinski definition) is 1. The molecule has 1 nitrogen and oxygen atoms in total. The Morgan fingerprint density at radius 1 is 1.35 bits per heavy atom. The number of likely N-dealkylation sites (tertiary alicyclic amines) is 1. The molecule has 0 atom stereocenters. The van der Waals surface area contributed by atoms with Gasteiger partial charge in [0, 0.05) is 25.0 Å². The Labute approximate surface area is 100 Å². The van der Waals surface area contributed by atoms with E-state index in [0.29, 0.717) is 19.1 Å². The molecule has 0 amide bonds. The average molecular weight is 245 g/mol. The highest BCUT2D eigenvalue weighted by Gasteiger charge is 2.40. The Balaban J connectivity index is 2.70. The summed E-state index contributed by atoms with van der Waals surface area (Å²) < 4.78 is 38.2. The van der Waals surface area contributed by atoms with Gasteiger partial charge in [0.2, 0.25) is 0 Å². The van der Waals surface area contributed by atoms with Gasteiger partial charge in [0.05, 0.1) is 5.57 Å². The number of hydrogen-bond donors (Lipinski definition) is 0. The van der Waals surface area contributed by atoms with E-state index in [4.69, 9.17) is 0 Å². The van der Waals surface area contributed by atoms with Gasteiger partial charge in [-0.25, -0.2) is 0 Å². The SMILES string of the molecule is C=C/C=C(\C(=C)C1CN(C(C)C)C1)C(F)(F)F. The Bertz CT molecular complexity index is 333. The Hall–Kier alpha value is -1.03. The summed E-state index contributed by atoms with van der Waals surface area (Å²) in [6, 6.07) is 0.372. The van der Waals surface area contributed by atoms with Crippen LogP contribution in [0.2, 0.25) is 0 Å². The average Bonchev–Trinajstić information content (AvgIpc) is 2.08. The van der Waals surface area contributed by atoms with E-state index in [1.165, 1.54) is 0 Å². The van der Waals surface area contributed by atoms with Crippen LogP contribution in [0.4, 0.5) is 13.2 Å². The number of rotatable bonds is 4. The van der Waals surface area contributed by atoms with Crippen molar-refractivity contribution in [3.8, 4) is 0 Å². The van der Waals surface area contributed by atoms with Gasteiger partial charge in [0.15, 0.2) is 0 Å². The molecule has 0 spiro atoms. The van der Waals surface area contributed by atoms with Crippen molar-refractivity contribution in [1.29, 1.82) is 0 Å². The first-order valence-electron chi connectivity index (χ1n) is 5.60. The summed E-state index contributed by atoms with van der Waals surface area (Å²) in [7, 11) is 0. The first-order chi connectivity index (χ1) is 7.77. The second kappa shape index (κ2) is 5.08. The van der Waals surface area contributed by atoms with E-state index in [2.05, 4.69) is 18.1 Å². The summed E-state index contributed by atoms with van der Waals surface area (Å²) in [6.07, 6.45) is -2.18. The maximum atomic E-state index is 12.7. The number of halogens is 3. The lowest BCUT2D eigenvalue weighted by molar-refractivity contribution is -0.0911. The molecule has 0 aromatic carbocycles. The van der Waals surface area contributed by atoms with Crippen molar-refractivity contribution in [3.05, 3.63) is 36.5 Å². The predicted molar refractivity (Wildman–Crippen MR) is 63.7 cm³/mol. The summed E-state index contributed by atoms with van der Waals surface area (Å²) in [5.74, 6) is -0.0924. The first-order valence-corrected chi connectivity index (χ1v) is 5.60. The minimum Gasteiger partial charge on any atom is -0.300 e. The number of alkyl halides is 3. The van der Waals surface area contributed by atoms with Crippen molar-refractivity contribution >= 4 is 0 Å². The van der Waals surface area contributed by atoms with Gasteiger partial charge in [-0.1, -0.05) is 25.3 Å². The normalized spacial score (nSPS) is 19.3. The Morgan fingerprint density at radius 2 is 1.88 bits per heavy atom. The van der Waals surface area contributed by atoms with Gasteiger partial charge in [0.1, 0.15) is 0 Å². The topological polar surface area (TPSA) is 3.24 Å². The lowest BCUT2D eigenvalue weighted by atomic mass is 9.86. The van der Waals surface area contributed by atoms with Crippen molar-refractivity contribution in [1.82, 2.24) is 4.90 Å². The molecule has 1 rings (SSSR count). The third-order valence-electron chi connectivity index (χ3n) is 3.07. The van der Waals surface area contributed by atoms with Crippen LogP contribution in [-0.4, -0.2) is 30.2 Å². The van der Waals surface area contributed by atoms with E-state index < -0.39 is 11.7 Å². The monoisotopic (exact) mass is 245 g/mol. The standard InChI is InChI=1S/C13H18F3N/c1-5-6-12(13(14,15)16)10(4)11-7-17(8-11)9(2)3/h5-6,9,11H,1,4,7-8H2,2-3H3/b12-6+. The molecule has 1 saturated heterocycles. The van der Waals surface area contributed by atoms with Gasteiger partial charge in [-0.15, -0.1) is 0 Å². The zero-order chi connectivity index (χ0) is 13.2. The summed E-state index contributed by atoms with van der Waals surface area (Å²) in [5, 5.41) is 0. The maximum absolute atomic E-state index is 12.7. The van der Waals surface area contributed by atoms with E-state index in [1.807, 2.05) is 13.8 Å². The lowest BCUT2D eigenvalue weighted by Crippen LogP contribution is -2.51. The largest absolute Gasteiger partial charge is 0.416 e. The molecular weight excluding hydrogens is 227 g/mol. The Kier molecular flexibility index (Phi) is 4.20. The summed E-state index contributed by atoms with van der Waals surface area (Å²) >= 11 is 0. The van der Waals surface area contributed by atoms with Gasteiger partial charge in [-0.3, -0.25) is 4.90 Å². The molecule has 0 N–H and O–H groups in total.